The van der Waals surface area contributed by atoms with Gasteiger partial charge in [-0.2, -0.15) is 0 Å². The Bertz CT molecular complexity index is 568. The molecule has 0 saturated heterocycles. The number of hydrogen-bond acceptors (Lipinski definition) is 5. The standard InChI is InChI=1S/C13H14N2O2S/c1-8-15-7-12(18-8)13(14)9-2-3-10-11(6-9)17-5-4-16-10/h2-3,6-7,13H,4-5,14H2,1H3. The lowest BCUT2D eigenvalue weighted by Crippen LogP contribution is -2.16. The minimum atomic E-state index is -0.160. The number of nitrogens with two attached hydrogens (primary N) is 1. The fourth-order valence-electron chi connectivity index (χ4n) is 1.94. The average molecular weight is 262 g/mol. The van der Waals surface area contributed by atoms with Crippen LogP contribution in [-0.4, -0.2) is 18.2 Å². The second-order valence-electron chi connectivity index (χ2n) is 4.16. The zero-order valence-electron chi connectivity index (χ0n) is 10.1. The molecule has 0 amide bonds. The molecule has 94 valence electrons. The molecule has 5 heteroatoms. The third kappa shape index (κ3) is 2.07. The van der Waals surface area contributed by atoms with Crippen LogP contribution in [-0.2, 0) is 0 Å². The first kappa shape index (κ1) is 11.5. The molecule has 1 unspecified atom stereocenters. The summed E-state index contributed by atoms with van der Waals surface area (Å²) in [6.45, 7) is 3.17. The molecule has 3 rings (SSSR count). The predicted molar refractivity (Wildman–Crippen MR) is 70.3 cm³/mol. The maximum absolute atomic E-state index is 6.24. The number of aryl methyl sites for hydroxylation is 1. The van der Waals surface area contributed by atoms with Gasteiger partial charge < -0.3 is 15.2 Å². The van der Waals surface area contributed by atoms with Crippen LogP contribution in [0, 0.1) is 6.92 Å². The third-order valence-electron chi connectivity index (χ3n) is 2.87. The highest BCUT2D eigenvalue weighted by Crippen LogP contribution is 2.34. The van der Waals surface area contributed by atoms with Crippen molar-refractivity contribution in [1.82, 2.24) is 4.98 Å². The molecular formula is C13H14N2O2S. The number of benzene rings is 1. The zero-order chi connectivity index (χ0) is 12.5. The zero-order valence-corrected chi connectivity index (χ0v) is 10.9. The third-order valence-corrected chi connectivity index (χ3v) is 3.87. The van der Waals surface area contributed by atoms with Gasteiger partial charge in [0.15, 0.2) is 11.5 Å². The lowest BCUT2D eigenvalue weighted by Gasteiger charge is -2.20. The Morgan fingerprint density at radius 2 is 2.06 bits per heavy atom. The summed E-state index contributed by atoms with van der Waals surface area (Å²) in [6, 6.07) is 5.69. The number of hydrogen-bond donors (Lipinski definition) is 1. The molecule has 2 heterocycles. The molecule has 1 aliphatic rings. The first-order valence-electron chi connectivity index (χ1n) is 5.81. The number of aromatic nitrogens is 1. The van der Waals surface area contributed by atoms with Crippen molar-refractivity contribution in [3.8, 4) is 11.5 Å². The van der Waals surface area contributed by atoms with Crippen molar-refractivity contribution in [2.24, 2.45) is 5.73 Å². The molecule has 0 radical (unpaired) electrons. The molecule has 0 spiro atoms. The molecule has 2 aromatic rings. The Balaban J connectivity index is 1.92. The number of ether oxygens (including phenoxy) is 2. The van der Waals surface area contributed by atoms with Crippen LogP contribution in [0.5, 0.6) is 11.5 Å². The molecule has 2 N–H and O–H groups in total. The van der Waals surface area contributed by atoms with E-state index in [1.807, 2.05) is 31.3 Å². The lowest BCUT2D eigenvalue weighted by atomic mass is 10.1. The molecule has 0 bridgehead atoms. The van der Waals surface area contributed by atoms with E-state index in [9.17, 15) is 0 Å². The minimum absolute atomic E-state index is 0.160. The van der Waals surface area contributed by atoms with E-state index in [2.05, 4.69) is 4.98 Å². The van der Waals surface area contributed by atoms with Crippen LogP contribution in [0.2, 0.25) is 0 Å². The van der Waals surface area contributed by atoms with E-state index >= 15 is 0 Å². The Morgan fingerprint density at radius 3 is 2.78 bits per heavy atom. The summed E-state index contributed by atoms with van der Waals surface area (Å²) in [6.07, 6.45) is 1.83. The summed E-state index contributed by atoms with van der Waals surface area (Å²) in [4.78, 5) is 5.29. The van der Waals surface area contributed by atoms with Crippen LogP contribution in [0.4, 0.5) is 0 Å². The molecule has 1 aromatic carbocycles. The van der Waals surface area contributed by atoms with Crippen LogP contribution < -0.4 is 15.2 Å². The highest BCUT2D eigenvalue weighted by atomic mass is 32.1. The Kier molecular flexibility index (Phi) is 2.93. The van der Waals surface area contributed by atoms with Crippen molar-refractivity contribution in [2.75, 3.05) is 13.2 Å². The summed E-state index contributed by atoms with van der Waals surface area (Å²) >= 11 is 1.62. The predicted octanol–water partition coefficient (Wildman–Crippen LogP) is 2.27. The minimum Gasteiger partial charge on any atom is -0.486 e. The van der Waals surface area contributed by atoms with Gasteiger partial charge in [-0.15, -0.1) is 11.3 Å². The Labute approximate surface area is 109 Å². The van der Waals surface area contributed by atoms with E-state index < -0.39 is 0 Å². The molecule has 1 aromatic heterocycles. The molecule has 0 saturated carbocycles. The second kappa shape index (κ2) is 4.59. The summed E-state index contributed by atoms with van der Waals surface area (Å²) < 4.78 is 11.1. The summed E-state index contributed by atoms with van der Waals surface area (Å²) in [5.74, 6) is 1.56. The first-order valence-corrected chi connectivity index (χ1v) is 6.63. The lowest BCUT2D eigenvalue weighted by molar-refractivity contribution is 0.171. The van der Waals surface area contributed by atoms with Crippen molar-refractivity contribution in [2.45, 2.75) is 13.0 Å². The van der Waals surface area contributed by atoms with Gasteiger partial charge in [-0.3, -0.25) is 0 Å². The highest BCUT2D eigenvalue weighted by molar-refractivity contribution is 7.11. The normalized spacial score (nSPS) is 15.4. The number of nitrogens with zero attached hydrogens (tertiary/aromatic N) is 1. The van der Waals surface area contributed by atoms with Gasteiger partial charge in [-0.05, 0) is 24.6 Å². The quantitative estimate of drug-likeness (QED) is 0.902. The van der Waals surface area contributed by atoms with Gasteiger partial charge in [0.1, 0.15) is 13.2 Å². The highest BCUT2D eigenvalue weighted by Gasteiger charge is 2.17. The second-order valence-corrected chi connectivity index (χ2v) is 5.43. The Hall–Kier alpha value is -1.59. The SMILES string of the molecule is Cc1ncc(C(N)c2ccc3c(c2)OCCO3)s1. The van der Waals surface area contributed by atoms with Crippen LogP contribution in [0.1, 0.15) is 21.5 Å². The molecule has 4 nitrogen and oxygen atoms in total. The largest absolute Gasteiger partial charge is 0.486 e. The first-order chi connectivity index (χ1) is 8.74. The van der Waals surface area contributed by atoms with Crippen molar-refractivity contribution < 1.29 is 9.47 Å². The van der Waals surface area contributed by atoms with Crippen LogP contribution in [0.3, 0.4) is 0 Å². The van der Waals surface area contributed by atoms with Crippen molar-refractivity contribution in [3.05, 3.63) is 39.8 Å². The van der Waals surface area contributed by atoms with Gasteiger partial charge >= 0.3 is 0 Å². The fourth-order valence-corrected chi connectivity index (χ4v) is 2.75. The monoisotopic (exact) mass is 262 g/mol. The van der Waals surface area contributed by atoms with E-state index in [4.69, 9.17) is 15.2 Å². The van der Waals surface area contributed by atoms with Crippen molar-refractivity contribution >= 4 is 11.3 Å². The maximum atomic E-state index is 6.24. The molecule has 0 fully saturated rings. The van der Waals surface area contributed by atoms with Gasteiger partial charge in [0.2, 0.25) is 0 Å². The summed E-state index contributed by atoms with van der Waals surface area (Å²) in [5.41, 5.74) is 7.25. The number of fused-ring (bicyclic) bond motifs is 1. The number of rotatable bonds is 2. The van der Waals surface area contributed by atoms with E-state index in [0.29, 0.717) is 13.2 Å². The van der Waals surface area contributed by atoms with E-state index in [0.717, 1.165) is 26.9 Å². The topological polar surface area (TPSA) is 57.4 Å². The van der Waals surface area contributed by atoms with E-state index in [-0.39, 0.29) is 6.04 Å². The van der Waals surface area contributed by atoms with Gasteiger partial charge in [-0.1, -0.05) is 6.07 Å². The fraction of sp³-hybridized carbons (Fsp3) is 0.308. The van der Waals surface area contributed by atoms with E-state index in [1.54, 1.807) is 11.3 Å². The average Bonchev–Trinajstić information content (AvgIpc) is 2.84. The number of thiazole rings is 1. The van der Waals surface area contributed by atoms with Gasteiger partial charge in [0.05, 0.1) is 11.0 Å². The maximum Gasteiger partial charge on any atom is 0.161 e. The summed E-state index contributed by atoms with van der Waals surface area (Å²) in [7, 11) is 0. The van der Waals surface area contributed by atoms with Crippen LogP contribution in [0.25, 0.3) is 0 Å². The van der Waals surface area contributed by atoms with Crippen molar-refractivity contribution in [3.63, 3.8) is 0 Å². The van der Waals surface area contributed by atoms with Crippen LogP contribution >= 0.6 is 11.3 Å². The molecule has 18 heavy (non-hydrogen) atoms. The summed E-state index contributed by atoms with van der Waals surface area (Å²) in [5, 5.41) is 1.03. The van der Waals surface area contributed by atoms with Crippen LogP contribution in [0.15, 0.2) is 24.4 Å². The molecule has 1 atom stereocenters. The van der Waals surface area contributed by atoms with Gasteiger partial charge in [-0.25, -0.2) is 4.98 Å². The smallest absolute Gasteiger partial charge is 0.161 e. The molecule has 0 aliphatic carbocycles. The van der Waals surface area contributed by atoms with E-state index in [1.165, 1.54) is 0 Å². The molecule has 1 aliphatic heterocycles. The Morgan fingerprint density at radius 1 is 1.28 bits per heavy atom. The molecular weight excluding hydrogens is 248 g/mol. The van der Waals surface area contributed by atoms with Crippen molar-refractivity contribution in [1.29, 1.82) is 0 Å². The van der Waals surface area contributed by atoms with Gasteiger partial charge in [0.25, 0.3) is 0 Å². The van der Waals surface area contributed by atoms with Gasteiger partial charge in [0, 0.05) is 11.1 Å².